The zero-order valence-electron chi connectivity index (χ0n) is 12.2. The second-order valence-electron chi connectivity index (χ2n) is 4.80. The lowest BCUT2D eigenvalue weighted by Crippen LogP contribution is -2.27. The molecule has 2 rings (SSSR count). The average molecular weight is 320 g/mol. The minimum atomic E-state index is -1.02. The fourth-order valence-electron chi connectivity index (χ4n) is 1.90. The first-order chi connectivity index (χ1) is 10.6. The molecule has 0 aromatic heterocycles. The molecule has 0 radical (unpaired) electrons. The predicted octanol–water partition coefficient (Wildman–Crippen LogP) is 4.15. The van der Waals surface area contributed by atoms with E-state index in [1.807, 2.05) is 31.2 Å². The van der Waals surface area contributed by atoms with Gasteiger partial charge in [0.1, 0.15) is 11.6 Å². The highest BCUT2D eigenvalue weighted by Crippen LogP contribution is 2.24. The van der Waals surface area contributed by atoms with Crippen LogP contribution in [0.3, 0.4) is 0 Å². The zero-order chi connectivity index (χ0) is 15.9. The molecule has 2 aromatic carbocycles. The maximum atomic E-state index is 12.8. The smallest absolute Gasteiger partial charge is 0.344 e. The lowest BCUT2D eigenvalue weighted by molar-refractivity contribution is -0.145. The van der Waals surface area contributed by atoms with E-state index in [-0.39, 0.29) is 5.82 Å². The van der Waals surface area contributed by atoms with Gasteiger partial charge in [0.25, 0.3) is 0 Å². The number of rotatable bonds is 7. The maximum absolute atomic E-state index is 12.8. The number of thioether (sulfide) groups is 1. The highest BCUT2D eigenvalue weighted by Gasteiger charge is 2.19. The molecule has 0 fully saturated rings. The lowest BCUT2D eigenvalue weighted by Gasteiger charge is -2.15. The van der Waals surface area contributed by atoms with E-state index in [1.54, 1.807) is 11.8 Å². The van der Waals surface area contributed by atoms with Crippen LogP contribution >= 0.6 is 11.8 Å². The minimum Gasteiger partial charge on any atom is -0.479 e. The summed E-state index contributed by atoms with van der Waals surface area (Å²) in [5.41, 5.74) is 1.17. The van der Waals surface area contributed by atoms with Crippen molar-refractivity contribution < 1.29 is 19.0 Å². The van der Waals surface area contributed by atoms with Gasteiger partial charge in [0, 0.05) is 17.1 Å². The summed E-state index contributed by atoms with van der Waals surface area (Å²) in [4.78, 5) is 12.4. The molecule has 5 heteroatoms. The molecular weight excluding hydrogens is 303 g/mol. The van der Waals surface area contributed by atoms with Crippen LogP contribution in [0.25, 0.3) is 0 Å². The van der Waals surface area contributed by atoms with E-state index < -0.39 is 12.1 Å². The number of hydrogen-bond donors (Lipinski definition) is 1. The van der Waals surface area contributed by atoms with Gasteiger partial charge in [0.2, 0.25) is 0 Å². The van der Waals surface area contributed by atoms with Crippen molar-refractivity contribution in [3.63, 3.8) is 0 Å². The van der Waals surface area contributed by atoms with Crippen molar-refractivity contribution in [3.8, 4) is 5.75 Å². The van der Waals surface area contributed by atoms with Crippen LogP contribution in [0.1, 0.15) is 12.0 Å². The Morgan fingerprint density at radius 1 is 1.23 bits per heavy atom. The first-order valence-corrected chi connectivity index (χ1v) is 7.88. The Labute approximate surface area is 133 Å². The van der Waals surface area contributed by atoms with Gasteiger partial charge >= 0.3 is 5.97 Å². The molecule has 116 valence electrons. The maximum Gasteiger partial charge on any atom is 0.344 e. The lowest BCUT2D eigenvalue weighted by atomic mass is 10.2. The van der Waals surface area contributed by atoms with Crippen LogP contribution in [0.2, 0.25) is 0 Å². The van der Waals surface area contributed by atoms with Crippen LogP contribution in [0.15, 0.2) is 53.4 Å². The second kappa shape index (κ2) is 7.84. The van der Waals surface area contributed by atoms with Crippen LogP contribution < -0.4 is 4.74 Å². The zero-order valence-corrected chi connectivity index (χ0v) is 13.0. The Morgan fingerprint density at radius 3 is 2.55 bits per heavy atom. The molecule has 1 unspecified atom stereocenters. The highest BCUT2D eigenvalue weighted by molar-refractivity contribution is 7.99. The summed E-state index contributed by atoms with van der Waals surface area (Å²) in [7, 11) is 0. The summed E-state index contributed by atoms with van der Waals surface area (Å²) >= 11 is 1.60. The molecule has 0 aliphatic carbocycles. The largest absolute Gasteiger partial charge is 0.479 e. The third-order valence-electron chi connectivity index (χ3n) is 3.10. The van der Waals surface area contributed by atoms with Crippen molar-refractivity contribution in [3.05, 3.63) is 59.9 Å². The molecule has 0 saturated carbocycles. The Balaban J connectivity index is 1.91. The number of aryl methyl sites for hydroxylation is 1. The summed E-state index contributed by atoms with van der Waals surface area (Å²) < 4.78 is 18.3. The molecule has 0 spiro atoms. The van der Waals surface area contributed by atoms with Crippen LogP contribution in [0, 0.1) is 12.7 Å². The number of ether oxygens (including phenoxy) is 1. The first-order valence-electron chi connectivity index (χ1n) is 6.89. The minimum absolute atomic E-state index is 0.356. The van der Waals surface area contributed by atoms with Gasteiger partial charge < -0.3 is 9.84 Å². The van der Waals surface area contributed by atoms with Gasteiger partial charge in [-0.05, 0) is 42.8 Å². The number of carboxylic acid groups (broad SMARTS) is 1. The van der Waals surface area contributed by atoms with Gasteiger partial charge in [0.15, 0.2) is 6.10 Å². The highest BCUT2D eigenvalue weighted by atomic mass is 32.2. The van der Waals surface area contributed by atoms with E-state index >= 15 is 0 Å². The van der Waals surface area contributed by atoms with Gasteiger partial charge in [-0.1, -0.05) is 18.2 Å². The molecule has 0 amide bonds. The summed E-state index contributed by atoms with van der Waals surface area (Å²) in [5, 5.41) is 9.23. The number of carbonyl (C=O) groups is 1. The molecule has 22 heavy (non-hydrogen) atoms. The molecule has 0 aliphatic rings. The Hall–Kier alpha value is -2.01. The molecule has 0 heterocycles. The number of benzene rings is 2. The van der Waals surface area contributed by atoms with Gasteiger partial charge in [0.05, 0.1) is 0 Å². The molecule has 0 aliphatic heterocycles. The molecule has 0 bridgehead atoms. The van der Waals surface area contributed by atoms with Crippen molar-refractivity contribution in [2.75, 3.05) is 5.75 Å². The van der Waals surface area contributed by atoms with Crippen LogP contribution in [0.5, 0.6) is 5.75 Å². The summed E-state index contributed by atoms with van der Waals surface area (Å²) in [6, 6.07) is 13.3. The summed E-state index contributed by atoms with van der Waals surface area (Å²) in [6.45, 7) is 2.02. The fraction of sp³-hybridized carbons (Fsp3) is 0.235. The van der Waals surface area contributed by atoms with Crippen LogP contribution in [0.4, 0.5) is 4.39 Å². The van der Waals surface area contributed by atoms with E-state index in [0.29, 0.717) is 17.9 Å². The summed E-state index contributed by atoms with van der Waals surface area (Å²) in [5.74, 6) is -0.415. The van der Waals surface area contributed by atoms with Crippen molar-refractivity contribution in [2.45, 2.75) is 24.3 Å². The molecular formula is C17H17FO3S. The van der Waals surface area contributed by atoms with E-state index in [4.69, 9.17) is 4.74 Å². The number of aliphatic carboxylic acids is 1. The van der Waals surface area contributed by atoms with E-state index in [1.165, 1.54) is 29.8 Å². The van der Waals surface area contributed by atoms with Crippen molar-refractivity contribution in [1.82, 2.24) is 0 Å². The second-order valence-corrected chi connectivity index (χ2v) is 5.94. The van der Waals surface area contributed by atoms with Crippen LogP contribution in [-0.4, -0.2) is 22.9 Å². The standard InChI is InChI=1S/C17H17FO3S/c1-12-4-2-3-5-16(12)22-11-10-15(17(19)20)21-14-8-6-13(18)7-9-14/h2-9,15H,10-11H2,1H3,(H,19,20). The fourth-order valence-corrected chi connectivity index (χ4v) is 2.93. The molecule has 0 saturated heterocycles. The van der Waals surface area contributed by atoms with E-state index in [9.17, 15) is 14.3 Å². The van der Waals surface area contributed by atoms with Gasteiger partial charge in [-0.3, -0.25) is 0 Å². The van der Waals surface area contributed by atoms with Gasteiger partial charge in [-0.25, -0.2) is 9.18 Å². The van der Waals surface area contributed by atoms with Crippen LogP contribution in [-0.2, 0) is 4.79 Å². The third-order valence-corrected chi connectivity index (χ3v) is 4.31. The summed E-state index contributed by atoms with van der Waals surface area (Å²) in [6.07, 6.45) is -0.576. The molecule has 3 nitrogen and oxygen atoms in total. The average Bonchev–Trinajstić information content (AvgIpc) is 2.50. The topological polar surface area (TPSA) is 46.5 Å². The van der Waals surface area contributed by atoms with Crippen molar-refractivity contribution in [1.29, 1.82) is 0 Å². The van der Waals surface area contributed by atoms with Gasteiger partial charge in [-0.2, -0.15) is 0 Å². The van der Waals surface area contributed by atoms with Gasteiger partial charge in [-0.15, -0.1) is 11.8 Å². The van der Waals surface area contributed by atoms with Crippen molar-refractivity contribution in [2.24, 2.45) is 0 Å². The Morgan fingerprint density at radius 2 is 1.91 bits per heavy atom. The quantitative estimate of drug-likeness (QED) is 0.779. The Bertz CT molecular complexity index is 628. The molecule has 2 aromatic rings. The molecule has 1 N–H and O–H groups in total. The predicted molar refractivity (Wildman–Crippen MR) is 85.0 cm³/mol. The molecule has 1 atom stereocenters. The third kappa shape index (κ3) is 4.77. The number of hydrogen-bond acceptors (Lipinski definition) is 3. The normalized spacial score (nSPS) is 11.9. The SMILES string of the molecule is Cc1ccccc1SCCC(Oc1ccc(F)cc1)C(=O)O. The van der Waals surface area contributed by atoms with E-state index in [2.05, 4.69) is 0 Å². The number of carboxylic acids is 1. The number of halogens is 1. The van der Waals surface area contributed by atoms with E-state index in [0.717, 1.165) is 4.90 Å². The Kier molecular flexibility index (Phi) is 5.83. The van der Waals surface area contributed by atoms with Crippen molar-refractivity contribution >= 4 is 17.7 Å². The monoisotopic (exact) mass is 320 g/mol. The first kappa shape index (κ1) is 16.4.